The Labute approximate surface area is 115 Å². The molecule has 19 heavy (non-hydrogen) atoms. The number of anilines is 1. The quantitative estimate of drug-likeness (QED) is 0.796. The molecular weight excluding hydrogens is 256 g/mol. The first-order valence-corrected chi connectivity index (χ1v) is 6.87. The van der Waals surface area contributed by atoms with Gasteiger partial charge in [0.2, 0.25) is 0 Å². The molecule has 0 fully saturated rings. The third kappa shape index (κ3) is 2.37. The van der Waals surface area contributed by atoms with E-state index in [-0.39, 0.29) is 0 Å². The molecule has 0 aliphatic rings. The Morgan fingerprint density at radius 1 is 1.26 bits per heavy atom. The van der Waals surface area contributed by atoms with E-state index in [1.807, 2.05) is 24.7 Å². The first-order chi connectivity index (χ1) is 9.24. The Bertz CT molecular complexity index is 682. The van der Waals surface area contributed by atoms with Crippen LogP contribution in [0.1, 0.15) is 10.4 Å². The van der Waals surface area contributed by atoms with E-state index in [0.29, 0.717) is 5.82 Å². The number of nitrogens with zero attached hydrogens (tertiary/aromatic N) is 3. The van der Waals surface area contributed by atoms with Crippen LogP contribution in [0.15, 0.2) is 42.3 Å². The van der Waals surface area contributed by atoms with E-state index in [0.717, 1.165) is 17.8 Å². The smallest absolute Gasteiger partial charge is 0.123 e. The average molecular weight is 270 g/mol. The van der Waals surface area contributed by atoms with Crippen molar-refractivity contribution in [2.45, 2.75) is 13.5 Å². The molecule has 96 valence electrons. The summed E-state index contributed by atoms with van der Waals surface area (Å²) < 4.78 is 2.13. The molecule has 0 unspecified atom stereocenters. The molecule has 0 radical (unpaired) electrons. The number of nitrogens with two attached hydrogens (primary N) is 1. The van der Waals surface area contributed by atoms with E-state index >= 15 is 0 Å². The molecule has 0 aromatic carbocycles. The Morgan fingerprint density at radius 3 is 2.84 bits per heavy atom. The van der Waals surface area contributed by atoms with Crippen LogP contribution in [-0.2, 0) is 6.54 Å². The molecule has 3 aromatic heterocycles. The molecular formula is C14H14N4S. The van der Waals surface area contributed by atoms with Crippen molar-refractivity contribution in [1.29, 1.82) is 0 Å². The van der Waals surface area contributed by atoms with Crippen LogP contribution in [0.3, 0.4) is 0 Å². The topological polar surface area (TPSA) is 56.7 Å². The zero-order valence-electron chi connectivity index (χ0n) is 10.6. The summed E-state index contributed by atoms with van der Waals surface area (Å²) in [7, 11) is 0. The Kier molecular flexibility index (Phi) is 3.05. The standard InChI is InChI=1S/C14H14N4S/c1-10-4-5-19-13(10)8-18-9-16-7-12(18)11-2-3-14(15)17-6-11/h2-7,9H,8H2,1H3,(H2,15,17). The number of rotatable bonds is 3. The van der Waals surface area contributed by atoms with Gasteiger partial charge < -0.3 is 10.3 Å². The molecule has 5 heteroatoms. The first kappa shape index (κ1) is 11.9. The molecule has 0 saturated carbocycles. The number of hydrogen-bond donors (Lipinski definition) is 1. The van der Waals surface area contributed by atoms with Crippen molar-refractivity contribution >= 4 is 17.2 Å². The van der Waals surface area contributed by atoms with Crippen molar-refractivity contribution < 1.29 is 0 Å². The highest BCUT2D eigenvalue weighted by atomic mass is 32.1. The Hall–Kier alpha value is -2.14. The van der Waals surface area contributed by atoms with Crippen molar-refractivity contribution in [3.8, 4) is 11.3 Å². The molecule has 0 saturated heterocycles. The lowest BCUT2D eigenvalue weighted by atomic mass is 10.2. The summed E-state index contributed by atoms with van der Waals surface area (Å²) in [4.78, 5) is 9.72. The lowest BCUT2D eigenvalue weighted by molar-refractivity contribution is 0.813. The van der Waals surface area contributed by atoms with Gasteiger partial charge in [-0.05, 0) is 36.1 Å². The van der Waals surface area contributed by atoms with Gasteiger partial charge in [0, 0.05) is 16.6 Å². The number of nitrogen functional groups attached to an aromatic ring is 1. The van der Waals surface area contributed by atoms with E-state index < -0.39 is 0 Å². The van der Waals surface area contributed by atoms with Crippen LogP contribution < -0.4 is 5.73 Å². The maximum atomic E-state index is 5.62. The van der Waals surface area contributed by atoms with Crippen LogP contribution in [-0.4, -0.2) is 14.5 Å². The minimum atomic E-state index is 0.531. The number of hydrogen-bond acceptors (Lipinski definition) is 4. The second-order valence-corrected chi connectivity index (χ2v) is 5.41. The molecule has 0 aliphatic heterocycles. The molecule has 0 bridgehead atoms. The van der Waals surface area contributed by atoms with E-state index in [2.05, 4.69) is 32.9 Å². The van der Waals surface area contributed by atoms with Crippen LogP contribution in [0.25, 0.3) is 11.3 Å². The van der Waals surface area contributed by atoms with Crippen molar-refractivity contribution in [3.63, 3.8) is 0 Å². The van der Waals surface area contributed by atoms with Crippen LogP contribution in [0.2, 0.25) is 0 Å². The molecule has 0 spiro atoms. The Balaban J connectivity index is 1.94. The van der Waals surface area contributed by atoms with Gasteiger partial charge in [-0.15, -0.1) is 11.3 Å². The summed E-state index contributed by atoms with van der Waals surface area (Å²) in [6.45, 7) is 2.97. The minimum absolute atomic E-state index is 0.531. The summed E-state index contributed by atoms with van der Waals surface area (Å²) in [6.07, 6.45) is 5.49. The predicted octanol–water partition coefficient (Wildman–Crippen LogP) is 2.95. The predicted molar refractivity (Wildman–Crippen MR) is 78.0 cm³/mol. The molecule has 0 atom stereocenters. The van der Waals surface area contributed by atoms with Crippen LogP contribution >= 0.6 is 11.3 Å². The molecule has 3 rings (SSSR count). The van der Waals surface area contributed by atoms with Crippen LogP contribution in [0.5, 0.6) is 0 Å². The van der Waals surface area contributed by atoms with Crippen molar-refractivity contribution in [1.82, 2.24) is 14.5 Å². The normalized spacial score (nSPS) is 10.8. The zero-order valence-corrected chi connectivity index (χ0v) is 11.4. The Morgan fingerprint density at radius 2 is 2.16 bits per heavy atom. The second kappa shape index (κ2) is 4.85. The van der Waals surface area contributed by atoms with Gasteiger partial charge in [-0.25, -0.2) is 9.97 Å². The monoisotopic (exact) mass is 270 g/mol. The molecule has 2 N–H and O–H groups in total. The van der Waals surface area contributed by atoms with Crippen LogP contribution in [0.4, 0.5) is 5.82 Å². The van der Waals surface area contributed by atoms with E-state index in [1.165, 1.54) is 10.4 Å². The summed E-state index contributed by atoms with van der Waals surface area (Å²) in [5.74, 6) is 0.531. The highest BCUT2D eigenvalue weighted by molar-refractivity contribution is 7.10. The lowest BCUT2D eigenvalue weighted by Crippen LogP contribution is -2.00. The second-order valence-electron chi connectivity index (χ2n) is 4.41. The third-order valence-corrected chi connectivity index (χ3v) is 4.08. The molecule has 3 heterocycles. The minimum Gasteiger partial charge on any atom is -0.384 e. The maximum Gasteiger partial charge on any atom is 0.123 e. The number of thiophene rings is 1. The molecule has 4 nitrogen and oxygen atoms in total. The number of aryl methyl sites for hydroxylation is 1. The highest BCUT2D eigenvalue weighted by Crippen LogP contribution is 2.22. The summed E-state index contributed by atoms with van der Waals surface area (Å²) >= 11 is 1.77. The fourth-order valence-corrected chi connectivity index (χ4v) is 2.87. The molecule has 0 aliphatic carbocycles. The highest BCUT2D eigenvalue weighted by Gasteiger charge is 2.08. The van der Waals surface area contributed by atoms with Gasteiger partial charge in [0.15, 0.2) is 0 Å². The van der Waals surface area contributed by atoms with Gasteiger partial charge in [0.1, 0.15) is 5.82 Å². The number of pyridine rings is 1. The van der Waals surface area contributed by atoms with Crippen molar-refractivity contribution in [2.75, 3.05) is 5.73 Å². The van der Waals surface area contributed by atoms with Gasteiger partial charge in [0.25, 0.3) is 0 Å². The third-order valence-electron chi connectivity index (χ3n) is 3.08. The van der Waals surface area contributed by atoms with E-state index in [1.54, 1.807) is 17.5 Å². The molecule has 0 amide bonds. The van der Waals surface area contributed by atoms with Gasteiger partial charge in [0.05, 0.1) is 24.8 Å². The fourth-order valence-electron chi connectivity index (χ4n) is 1.96. The summed E-state index contributed by atoms with van der Waals surface area (Å²) in [5.41, 5.74) is 9.02. The summed E-state index contributed by atoms with van der Waals surface area (Å²) in [6, 6.07) is 5.92. The van der Waals surface area contributed by atoms with E-state index in [4.69, 9.17) is 5.73 Å². The van der Waals surface area contributed by atoms with Gasteiger partial charge >= 0.3 is 0 Å². The SMILES string of the molecule is Cc1ccsc1Cn1cncc1-c1ccc(N)nc1. The fraction of sp³-hybridized carbons (Fsp3) is 0.143. The summed E-state index contributed by atoms with van der Waals surface area (Å²) in [5, 5.41) is 2.12. The van der Waals surface area contributed by atoms with Gasteiger partial charge in [-0.1, -0.05) is 0 Å². The zero-order chi connectivity index (χ0) is 13.2. The van der Waals surface area contributed by atoms with Crippen molar-refractivity contribution in [3.05, 3.63) is 52.7 Å². The largest absolute Gasteiger partial charge is 0.384 e. The van der Waals surface area contributed by atoms with Crippen molar-refractivity contribution in [2.24, 2.45) is 0 Å². The van der Waals surface area contributed by atoms with Gasteiger partial charge in [-0.3, -0.25) is 0 Å². The van der Waals surface area contributed by atoms with Gasteiger partial charge in [-0.2, -0.15) is 0 Å². The molecule has 3 aromatic rings. The average Bonchev–Trinajstić information content (AvgIpc) is 3.01. The maximum absolute atomic E-state index is 5.62. The number of aromatic nitrogens is 3. The van der Waals surface area contributed by atoms with E-state index in [9.17, 15) is 0 Å². The number of imidazole rings is 1. The first-order valence-electron chi connectivity index (χ1n) is 5.99. The van der Waals surface area contributed by atoms with Crippen LogP contribution in [0, 0.1) is 6.92 Å². The lowest BCUT2D eigenvalue weighted by Gasteiger charge is -2.07.